The molecule has 0 radical (unpaired) electrons. The van der Waals surface area contributed by atoms with Gasteiger partial charge in [-0.2, -0.15) is 0 Å². The number of nitrogens with zero attached hydrogens (tertiary/aromatic N) is 1. The van der Waals surface area contributed by atoms with Gasteiger partial charge in [-0.3, -0.25) is 4.98 Å². The molecule has 0 amide bonds. The lowest BCUT2D eigenvalue weighted by molar-refractivity contribution is 0.399. The van der Waals surface area contributed by atoms with Crippen LogP contribution in [0.15, 0.2) is 42.6 Å². The maximum atomic E-state index is 5.62. The van der Waals surface area contributed by atoms with E-state index in [4.69, 9.17) is 4.74 Å². The van der Waals surface area contributed by atoms with Crippen molar-refractivity contribution < 1.29 is 4.74 Å². The lowest BCUT2D eigenvalue weighted by Crippen LogP contribution is -2.13. The molecule has 18 heavy (non-hydrogen) atoms. The molecule has 1 aromatic carbocycles. The number of methoxy groups -OCH3 is 1. The maximum absolute atomic E-state index is 5.62. The quantitative estimate of drug-likeness (QED) is 0.791. The van der Waals surface area contributed by atoms with Gasteiger partial charge in [0, 0.05) is 17.3 Å². The summed E-state index contributed by atoms with van der Waals surface area (Å²) in [4.78, 5) is 4.40. The van der Waals surface area contributed by atoms with Crippen molar-refractivity contribution in [2.45, 2.75) is 26.2 Å². The minimum Gasteiger partial charge on any atom is -0.496 e. The van der Waals surface area contributed by atoms with Crippen LogP contribution in [0, 0.1) is 0 Å². The summed E-state index contributed by atoms with van der Waals surface area (Å²) in [5.74, 6) is 0.920. The molecule has 0 aliphatic heterocycles. The molecule has 2 nitrogen and oxygen atoms in total. The van der Waals surface area contributed by atoms with Gasteiger partial charge in [0.2, 0.25) is 0 Å². The van der Waals surface area contributed by atoms with Gasteiger partial charge in [-0.25, -0.2) is 0 Å². The Labute approximate surface area is 109 Å². The predicted octanol–water partition coefficient (Wildman–Crippen LogP) is 4.05. The highest BCUT2D eigenvalue weighted by molar-refractivity contribution is 5.69. The lowest BCUT2D eigenvalue weighted by atomic mass is 9.85. The Balaban J connectivity index is 2.63. The van der Waals surface area contributed by atoms with Crippen molar-refractivity contribution in [2.75, 3.05) is 7.11 Å². The van der Waals surface area contributed by atoms with E-state index in [-0.39, 0.29) is 5.41 Å². The van der Waals surface area contributed by atoms with E-state index < -0.39 is 0 Å². The van der Waals surface area contributed by atoms with Crippen molar-refractivity contribution in [3.05, 3.63) is 48.2 Å². The standard InChI is InChI=1S/C16H19NO/c1-16(2,3)13-9-7-8-12(15(13)18-4)14-10-5-6-11-17-14/h5-11H,1-4H3. The van der Waals surface area contributed by atoms with Gasteiger partial charge in [-0.05, 0) is 23.6 Å². The van der Waals surface area contributed by atoms with Crippen molar-refractivity contribution in [3.63, 3.8) is 0 Å². The van der Waals surface area contributed by atoms with Gasteiger partial charge >= 0.3 is 0 Å². The van der Waals surface area contributed by atoms with Crippen LogP contribution in [0.5, 0.6) is 5.75 Å². The molecule has 1 aromatic heterocycles. The van der Waals surface area contributed by atoms with Crippen LogP contribution in [-0.2, 0) is 5.41 Å². The van der Waals surface area contributed by atoms with E-state index >= 15 is 0 Å². The van der Waals surface area contributed by atoms with E-state index in [0.29, 0.717) is 0 Å². The zero-order valence-electron chi connectivity index (χ0n) is 11.4. The highest BCUT2D eigenvalue weighted by Crippen LogP contribution is 2.38. The fourth-order valence-electron chi connectivity index (χ4n) is 2.07. The van der Waals surface area contributed by atoms with Crippen LogP contribution in [-0.4, -0.2) is 12.1 Å². The van der Waals surface area contributed by atoms with E-state index in [9.17, 15) is 0 Å². The SMILES string of the molecule is COc1c(-c2ccccn2)cccc1C(C)(C)C. The highest BCUT2D eigenvalue weighted by atomic mass is 16.5. The number of hydrogen-bond acceptors (Lipinski definition) is 2. The summed E-state index contributed by atoms with van der Waals surface area (Å²) in [7, 11) is 1.72. The Morgan fingerprint density at radius 3 is 2.33 bits per heavy atom. The van der Waals surface area contributed by atoms with Crippen molar-refractivity contribution in [1.82, 2.24) is 4.98 Å². The van der Waals surface area contributed by atoms with E-state index in [1.807, 2.05) is 18.2 Å². The van der Waals surface area contributed by atoms with Gasteiger partial charge in [-0.15, -0.1) is 0 Å². The molecule has 0 N–H and O–H groups in total. The highest BCUT2D eigenvalue weighted by Gasteiger charge is 2.21. The van der Waals surface area contributed by atoms with Crippen molar-refractivity contribution in [1.29, 1.82) is 0 Å². The fraction of sp³-hybridized carbons (Fsp3) is 0.312. The third kappa shape index (κ3) is 2.37. The fourth-order valence-corrected chi connectivity index (χ4v) is 2.07. The summed E-state index contributed by atoms with van der Waals surface area (Å²) < 4.78 is 5.62. The van der Waals surface area contributed by atoms with E-state index in [0.717, 1.165) is 17.0 Å². The molecule has 2 rings (SSSR count). The van der Waals surface area contributed by atoms with E-state index in [1.165, 1.54) is 5.56 Å². The molecule has 0 atom stereocenters. The molecule has 2 heteroatoms. The molecule has 94 valence electrons. The van der Waals surface area contributed by atoms with Crippen LogP contribution in [0.3, 0.4) is 0 Å². The largest absolute Gasteiger partial charge is 0.496 e. The first-order valence-electron chi connectivity index (χ1n) is 6.13. The topological polar surface area (TPSA) is 22.1 Å². The van der Waals surface area contributed by atoms with E-state index in [2.05, 4.69) is 44.0 Å². The van der Waals surface area contributed by atoms with Crippen LogP contribution in [0.2, 0.25) is 0 Å². The number of hydrogen-bond donors (Lipinski definition) is 0. The molecule has 2 aromatic rings. The van der Waals surface area contributed by atoms with Crippen molar-refractivity contribution in [2.24, 2.45) is 0 Å². The van der Waals surface area contributed by atoms with Gasteiger partial charge in [-0.1, -0.05) is 39.0 Å². The van der Waals surface area contributed by atoms with Crippen LogP contribution in [0.4, 0.5) is 0 Å². The maximum Gasteiger partial charge on any atom is 0.131 e. The normalized spacial score (nSPS) is 11.3. The first-order chi connectivity index (χ1) is 8.54. The van der Waals surface area contributed by atoms with Crippen LogP contribution >= 0.6 is 0 Å². The number of para-hydroxylation sites is 1. The smallest absolute Gasteiger partial charge is 0.131 e. The van der Waals surface area contributed by atoms with Crippen LogP contribution in [0.1, 0.15) is 26.3 Å². The molecule has 1 heterocycles. The van der Waals surface area contributed by atoms with Crippen LogP contribution < -0.4 is 4.74 Å². The van der Waals surface area contributed by atoms with Crippen LogP contribution in [0.25, 0.3) is 11.3 Å². The Morgan fingerprint density at radius 2 is 1.78 bits per heavy atom. The molecule has 0 saturated carbocycles. The third-order valence-corrected chi connectivity index (χ3v) is 2.97. The number of ether oxygens (including phenoxy) is 1. The zero-order valence-corrected chi connectivity index (χ0v) is 11.4. The average molecular weight is 241 g/mol. The number of benzene rings is 1. The minimum atomic E-state index is 0.0517. The molecule has 0 fully saturated rings. The summed E-state index contributed by atoms with van der Waals surface area (Å²) in [5, 5.41) is 0. The first kappa shape index (κ1) is 12.6. The second-order valence-corrected chi connectivity index (χ2v) is 5.35. The Hall–Kier alpha value is -1.83. The minimum absolute atomic E-state index is 0.0517. The Morgan fingerprint density at radius 1 is 1.00 bits per heavy atom. The summed E-state index contributed by atoms with van der Waals surface area (Å²) in [5.41, 5.74) is 3.25. The monoisotopic (exact) mass is 241 g/mol. The van der Waals surface area contributed by atoms with Gasteiger partial charge < -0.3 is 4.74 Å². The molecule has 0 unspecified atom stereocenters. The summed E-state index contributed by atoms with van der Waals surface area (Å²) in [6, 6.07) is 12.1. The summed E-state index contributed by atoms with van der Waals surface area (Å²) >= 11 is 0. The van der Waals surface area contributed by atoms with Gasteiger partial charge in [0.15, 0.2) is 0 Å². The Bertz CT molecular complexity index is 527. The van der Waals surface area contributed by atoms with Crippen molar-refractivity contribution >= 4 is 0 Å². The molecular weight excluding hydrogens is 222 g/mol. The molecule has 0 saturated heterocycles. The third-order valence-electron chi connectivity index (χ3n) is 2.97. The summed E-state index contributed by atoms with van der Waals surface area (Å²) in [6.45, 7) is 6.56. The molecule has 0 aliphatic rings. The second-order valence-electron chi connectivity index (χ2n) is 5.35. The molecule has 0 spiro atoms. The van der Waals surface area contributed by atoms with Gasteiger partial charge in [0.25, 0.3) is 0 Å². The first-order valence-corrected chi connectivity index (χ1v) is 6.13. The average Bonchev–Trinajstić information content (AvgIpc) is 2.37. The number of aromatic nitrogens is 1. The molecular formula is C16H19NO. The summed E-state index contributed by atoms with van der Waals surface area (Å²) in [6.07, 6.45) is 1.80. The second kappa shape index (κ2) is 4.81. The van der Waals surface area contributed by atoms with Gasteiger partial charge in [0.05, 0.1) is 12.8 Å². The lowest BCUT2D eigenvalue weighted by Gasteiger charge is -2.23. The van der Waals surface area contributed by atoms with Gasteiger partial charge in [0.1, 0.15) is 5.75 Å². The van der Waals surface area contributed by atoms with Crippen molar-refractivity contribution in [3.8, 4) is 17.0 Å². The predicted molar refractivity (Wildman–Crippen MR) is 74.9 cm³/mol. The number of pyridine rings is 1. The van der Waals surface area contributed by atoms with E-state index in [1.54, 1.807) is 13.3 Å². The number of rotatable bonds is 2. The Kier molecular flexibility index (Phi) is 3.37. The molecule has 0 bridgehead atoms. The molecule has 0 aliphatic carbocycles. The zero-order chi connectivity index (χ0) is 13.2.